The van der Waals surface area contributed by atoms with Gasteiger partial charge in [0.05, 0.1) is 4.90 Å². The Labute approximate surface area is 116 Å². The summed E-state index contributed by atoms with van der Waals surface area (Å²) in [6.45, 7) is 8.64. The normalized spacial score (nSPS) is 12.4. The van der Waals surface area contributed by atoms with Gasteiger partial charge in [-0.15, -0.1) is 0 Å². The third-order valence-corrected chi connectivity index (χ3v) is 5.40. The maximum absolute atomic E-state index is 12.7. The second-order valence-corrected chi connectivity index (χ2v) is 6.79. The summed E-state index contributed by atoms with van der Waals surface area (Å²) in [6.07, 6.45) is 0. The smallest absolute Gasteiger partial charge is 0.243 e. The molecule has 0 saturated heterocycles. The maximum atomic E-state index is 12.7. The first-order valence-corrected chi connectivity index (χ1v) is 8.04. The lowest BCUT2D eigenvalue weighted by molar-refractivity contribution is 0.369. The van der Waals surface area contributed by atoms with Gasteiger partial charge >= 0.3 is 0 Å². The van der Waals surface area contributed by atoms with Crippen molar-refractivity contribution in [2.45, 2.75) is 45.2 Å². The van der Waals surface area contributed by atoms with Gasteiger partial charge in [-0.25, -0.2) is 8.42 Å². The Hall–Kier alpha value is -0.910. The minimum Gasteiger partial charge on any atom is -0.316 e. The molecule has 1 N–H and O–H groups in total. The van der Waals surface area contributed by atoms with Crippen LogP contribution < -0.4 is 5.32 Å². The largest absolute Gasteiger partial charge is 0.316 e. The van der Waals surface area contributed by atoms with Gasteiger partial charge in [-0.1, -0.05) is 19.1 Å². The summed E-state index contributed by atoms with van der Waals surface area (Å²) in [7, 11) is -1.57. The molecule has 0 aliphatic heterocycles. The predicted molar refractivity (Wildman–Crippen MR) is 78.6 cm³/mol. The zero-order chi connectivity index (χ0) is 14.6. The number of nitrogens with one attached hydrogen (secondary N) is 1. The van der Waals surface area contributed by atoms with E-state index in [0.29, 0.717) is 18.0 Å². The van der Waals surface area contributed by atoms with Gasteiger partial charge in [0.2, 0.25) is 10.0 Å². The molecule has 0 aliphatic carbocycles. The summed E-state index contributed by atoms with van der Waals surface area (Å²) in [6, 6.07) is 5.55. The predicted octanol–water partition coefficient (Wildman–Crippen LogP) is 2.13. The highest BCUT2D eigenvalue weighted by Crippen LogP contribution is 2.22. The molecule has 1 aromatic rings. The van der Waals surface area contributed by atoms with Crippen LogP contribution in [0.3, 0.4) is 0 Å². The second-order valence-electron chi connectivity index (χ2n) is 4.93. The number of rotatable bonds is 6. The van der Waals surface area contributed by atoms with Crippen molar-refractivity contribution in [2.24, 2.45) is 0 Å². The molecule has 0 aromatic heterocycles. The van der Waals surface area contributed by atoms with Gasteiger partial charge in [-0.05, 0) is 45.0 Å². The van der Waals surface area contributed by atoms with E-state index in [9.17, 15) is 8.42 Å². The third kappa shape index (κ3) is 3.55. The molecular formula is C14H24N2O2S. The average Bonchev–Trinajstić information content (AvgIpc) is 2.31. The van der Waals surface area contributed by atoms with Gasteiger partial charge in [0.15, 0.2) is 0 Å². The molecule has 0 atom stereocenters. The lowest BCUT2D eigenvalue weighted by Gasteiger charge is -2.25. The van der Waals surface area contributed by atoms with Crippen LogP contribution in [-0.4, -0.2) is 32.4 Å². The SMILES string of the molecule is CCN(C(C)C)S(=O)(=O)c1cc(CNC)ccc1C. The van der Waals surface area contributed by atoms with Crippen molar-refractivity contribution in [3.05, 3.63) is 29.3 Å². The quantitative estimate of drug-likeness (QED) is 0.870. The van der Waals surface area contributed by atoms with Gasteiger partial charge in [-0.3, -0.25) is 0 Å². The Morgan fingerprint density at radius 2 is 1.95 bits per heavy atom. The highest BCUT2D eigenvalue weighted by molar-refractivity contribution is 7.89. The number of hydrogen-bond acceptors (Lipinski definition) is 3. The summed E-state index contributed by atoms with van der Waals surface area (Å²) in [5.74, 6) is 0. The minimum atomic E-state index is -3.42. The first kappa shape index (κ1) is 16.1. The molecule has 19 heavy (non-hydrogen) atoms. The van der Waals surface area contributed by atoms with E-state index >= 15 is 0 Å². The third-order valence-electron chi connectivity index (χ3n) is 3.11. The van der Waals surface area contributed by atoms with Gasteiger partial charge in [-0.2, -0.15) is 4.31 Å². The van der Waals surface area contributed by atoms with E-state index in [1.807, 2.05) is 46.9 Å². The molecule has 4 nitrogen and oxygen atoms in total. The number of sulfonamides is 1. The summed E-state index contributed by atoms with van der Waals surface area (Å²) < 4.78 is 26.9. The van der Waals surface area contributed by atoms with Gasteiger partial charge in [0.25, 0.3) is 0 Å². The number of benzene rings is 1. The van der Waals surface area contributed by atoms with Gasteiger partial charge < -0.3 is 5.32 Å². The summed E-state index contributed by atoms with van der Waals surface area (Å²) >= 11 is 0. The molecule has 0 amide bonds. The Kier molecular flexibility index (Phi) is 5.52. The number of hydrogen-bond donors (Lipinski definition) is 1. The molecule has 108 valence electrons. The monoisotopic (exact) mass is 284 g/mol. The average molecular weight is 284 g/mol. The van der Waals surface area contributed by atoms with Crippen LogP contribution >= 0.6 is 0 Å². The van der Waals surface area contributed by atoms with E-state index in [2.05, 4.69) is 5.32 Å². The fourth-order valence-corrected chi connectivity index (χ4v) is 4.10. The van der Waals surface area contributed by atoms with Crippen LogP contribution in [-0.2, 0) is 16.6 Å². The second kappa shape index (κ2) is 6.50. The fourth-order valence-electron chi connectivity index (χ4n) is 2.18. The zero-order valence-electron chi connectivity index (χ0n) is 12.4. The molecule has 1 rings (SSSR count). The van der Waals surface area contributed by atoms with Crippen LogP contribution in [0.25, 0.3) is 0 Å². The first-order valence-electron chi connectivity index (χ1n) is 6.60. The molecule has 0 bridgehead atoms. The first-order chi connectivity index (χ1) is 8.84. The van der Waals surface area contributed by atoms with Crippen LogP contribution in [0, 0.1) is 6.92 Å². The Morgan fingerprint density at radius 1 is 1.32 bits per heavy atom. The lowest BCUT2D eigenvalue weighted by atomic mass is 10.1. The topological polar surface area (TPSA) is 49.4 Å². The molecule has 1 aromatic carbocycles. The van der Waals surface area contributed by atoms with Crippen molar-refractivity contribution < 1.29 is 8.42 Å². The molecular weight excluding hydrogens is 260 g/mol. The van der Waals surface area contributed by atoms with Crippen LogP contribution in [0.1, 0.15) is 31.9 Å². The van der Waals surface area contributed by atoms with Crippen LogP contribution in [0.15, 0.2) is 23.1 Å². The van der Waals surface area contributed by atoms with Crippen molar-refractivity contribution in [3.63, 3.8) is 0 Å². The standard InChI is InChI=1S/C14H24N2O2S/c1-6-16(11(2)3)19(17,18)14-9-13(10-15-5)8-7-12(14)4/h7-9,11,15H,6,10H2,1-5H3. The van der Waals surface area contributed by atoms with Crippen LogP contribution in [0.5, 0.6) is 0 Å². The van der Waals surface area contributed by atoms with E-state index in [4.69, 9.17) is 0 Å². The molecule has 0 spiro atoms. The fraction of sp³-hybridized carbons (Fsp3) is 0.571. The van der Waals surface area contributed by atoms with E-state index < -0.39 is 10.0 Å². The Morgan fingerprint density at radius 3 is 2.42 bits per heavy atom. The lowest BCUT2D eigenvalue weighted by Crippen LogP contribution is -2.37. The Balaban J connectivity index is 3.30. The van der Waals surface area contributed by atoms with Crippen molar-refractivity contribution >= 4 is 10.0 Å². The molecule has 0 fully saturated rings. The highest BCUT2D eigenvalue weighted by Gasteiger charge is 2.27. The summed E-state index contributed by atoms with van der Waals surface area (Å²) in [4.78, 5) is 0.413. The Bertz CT molecular complexity index is 524. The van der Waals surface area contributed by atoms with Crippen molar-refractivity contribution in [2.75, 3.05) is 13.6 Å². The van der Waals surface area contributed by atoms with Gasteiger partial charge in [0.1, 0.15) is 0 Å². The van der Waals surface area contributed by atoms with Crippen molar-refractivity contribution in [1.82, 2.24) is 9.62 Å². The van der Waals surface area contributed by atoms with Gasteiger partial charge in [0, 0.05) is 19.1 Å². The molecule has 0 saturated carbocycles. The molecule has 0 unspecified atom stereocenters. The molecule has 0 aliphatic rings. The van der Waals surface area contributed by atoms with Crippen LogP contribution in [0.4, 0.5) is 0 Å². The zero-order valence-corrected chi connectivity index (χ0v) is 13.2. The molecule has 5 heteroatoms. The number of nitrogens with zero attached hydrogens (tertiary/aromatic N) is 1. The van der Waals surface area contributed by atoms with E-state index in [-0.39, 0.29) is 6.04 Å². The minimum absolute atomic E-state index is 0.0395. The van der Waals surface area contributed by atoms with E-state index in [0.717, 1.165) is 11.1 Å². The number of aryl methyl sites for hydroxylation is 1. The molecule has 0 radical (unpaired) electrons. The highest BCUT2D eigenvalue weighted by atomic mass is 32.2. The van der Waals surface area contributed by atoms with Crippen molar-refractivity contribution in [1.29, 1.82) is 0 Å². The van der Waals surface area contributed by atoms with E-state index in [1.165, 1.54) is 4.31 Å². The van der Waals surface area contributed by atoms with E-state index in [1.54, 1.807) is 6.07 Å². The maximum Gasteiger partial charge on any atom is 0.243 e. The summed E-state index contributed by atoms with van der Waals surface area (Å²) in [5, 5.41) is 3.04. The summed E-state index contributed by atoms with van der Waals surface area (Å²) in [5.41, 5.74) is 1.77. The van der Waals surface area contributed by atoms with Crippen molar-refractivity contribution in [3.8, 4) is 0 Å². The van der Waals surface area contributed by atoms with Crippen LogP contribution in [0.2, 0.25) is 0 Å². The molecule has 0 heterocycles.